The maximum absolute atomic E-state index is 13.3. The second-order valence-electron chi connectivity index (χ2n) is 5.89. The molecule has 2 aromatic rings. The zero-order valence-electron chi connectivity index (χ0n) is 14.3. The number of sulfone groups is 1. The van der Waals surface area contributed by atoms with Gasteiger partial charge in [0.2, 0.25) is 0 Å². The van der Waals surface area contributed by atoms with Crippen LogP contribution < -0.4 is 4.90 Å². The van der Waals surface area contributed by atoms with E-state index in [4.69, 9.17) is 0 Å². The second-order valence-corrected chi connectivity index (χ2v) is 7.90. The minimum absolute atomic E-state index is 0.0126. The third-order valence-electron chi connectivity index (χ3n) is 3.83. The summed E-state index contributed by atoms with van der Waals surface area (Å²) in [5.41, 5.74) is -0.515. The van der Waals surface area contributed by atoms with Crippen LogP contribution in [0.1, 0.15) is 31.5 Å². The average Bonchev–Trinajstić information content (AvgIpc) is 2.92. The van der Waals surface area contributed by atoms with Gasteiger partial charge < -0.3 is 10.0 Å². The minimum Gasteiger partial charge on any atom is -0.391 e. The lowest BCUT2D eigenvalue weighted by atomic mass is 10.2. The van der Waals surface area contributed by atoms with E-state index < -0.39 is 28.6 Å². The van der Waals surface area contributed by atoms with Crippen LogP contribution in [-0.4, -0.2) is 47.6 Å². The smallest absolute Gasteiger partial charge is 0.282 e. The van der Waals surface area contributed by atoms with E-state index in [0.29, 0.717) is 0 Å². The number of halogens is 2. The Labute approximate surface area is 144 Å². The van der Waals surface area contributed by atoms with E-state index in [2.05, 4.69) is 10.1 Å². The molecule has 0 saturated carbocycles. The van der Waals surface area contributed by atoms with Crippen molar-refractivity contribution in [3.05, 3.63) is 29.6 Å². The fourth-order valence-electron chi connectivity index (χ4n) is 2.27. The maximum atomic E-state index is 13.3. The number of aromatic nitrogens is 3. The molecule has 25 heavy (non-hydrogen) atoms. The van der Waals surface area contributed by atoms with Crippen molar-refractivity contribution in [3.63, 3.8) is 0 Å². The Morgan fingerprint density at radius 3 is 2.36 bits per heavy atom. The predicted octanol–water partition coefficient (Wildman–Crippen LogP) is 1.95. The number of rotatable bonds is 6. The zero-order chi connectivity index (χ0) is 18.9. The molecule has 2 rings (SSSR count). The Bertz CT molecular complexity index is 848. The van der Waals surface area contributed by atoms with Crippen LogP contribution >= 0.6 is 0 Å². The van der Waals surface area contributed by atoms with Crippen LogP contribution in [0.25, 0.3) is 5.82 Å². The van der Waals surface area contributed by atoms with Gasteiger partial charge in [-0.15, -0.1) is 0 Å². The molecule has 0 spiro atoms. The Hall–Kier alpha value is -2.07. The van der Waals surface area contributed by atoms with Crippen LogP contribution in [0.2, 0.25) is 0 Å². The summed E-state index contributed by atoms with van der Waals surface area (Å²) in [6, 6.07) is 2.66. The number of aliphatic hydroxyl groups is 1. The van der Waals surface area contributed by atoms with Gasteiger partial charge in [-0.2, -0.15) is 9.78 Å². The number of nitrogens with zero attached hydrogens (tertiary/aromatic N) is 4. The zero-order valence-corrected chi connectivity index (χ0v) is 15.1. The van der Waals surface area contributed by atoms with E-state index in [-0.39, 0.29) is 28.1 Å². The molecule has 0 amide bonds. The first kappa shape index (κ1) is 19.3. The predicted molar refractivity (Wildman–Crippen MR) is 88.9 cm³/mol. The van der Waals surface area contributed by atoms with Gasteiger partial charge in [0.15, 0.2) is 15.7 Å². The molecule has 0 aliphatic heterocycles. The topological polar surface area (TPSA) is 88.3 Å². The van der Waals surface area contributed by atoms with E-state index in [9.17, 15) is 22.3 Å². The van der Waals surface area contributed by atoms with Crippen LogP contribution in [0.4, 0.5) is 14.6 Å². The van der Waals surface area contributed by atoms with E-state index in [0.717, 1.165) is 12.5 Å². The van der Waals surface area contributed by atoms with E-state index >= 15 is 0 Å². The summed E-state index contributed by atoms with van der Waals surface area (Å²) in [6.07, 6.45) is -0.668. The maximum Gasteiger partial charge on any atom is 0.282 e. The molecule has 1 N–H and O–H groups in total. The van der Waals surface area contributed by atoms with Crippen molar-refractivity contribution in [2.45, 2.75) is 37.8 Å². The van der Waals surface area contributed by atoms with Gasteiger partial charge in [-0.1, -0.05) is 0 Å². The first-order chi connectivity index (χ1) is 11.6. The van der Waals surface area contributed by atoms with Crippen molar-refractivity contribution in [2.24, 2.45) is 0 Å². The lowest BCUT2D eigenvalue weighted by molar-refractivity contribution is 0.141. The highest BCUT2D eigenvalue weighted by Crippen LogP contribution is 2.32. The number of hydrogen-bond donors (Lipinski definition) is 1. The van der Waals surface area contributed by atoms with Crippen molar-refractivity contribution >= 4 is 15.7 Å². The van der Waals surface area contributed by atoms with E-state index in [1.54, 1.807) is 11.9 Å². The molecular formula is C15H20F2N4O3S. The normalized spacial score (nSPS) is 12.2. The van der Waals surface area contributed by atoms with Gasteiger partial charge in [-0.3, -0.25) is 0 Å². The lowest BCUT2D eigenvalue weighted by Crippen LogP contribution is -2.29. The van der Waals surface area contributed by atoms with Crippen LogP contribution in [0.3, 0.4) is 0 Å². The molecular weight excluding hydrogens is 354 g/mol. The Balaban J connectivity index is 2.67. The summed E-state index contributed by atoms with van der Waals surface area (Å²) >= 11 is 0. The molecule has 0 fully saturated rings. The van der Waals surface area contributed by atoms with Crippen LogP contribution in [0.5, 0.6) is 0 Å². The molecule has 10 heteroatoms. The van der Waals surface area contributed by atoms with Gasteiger partial charge in [0.1, 0.15) is 11.5 Å². The van der Waals surface area contributed by atoms with Gasteiger partial charge in [-0.05, 0) is 26.0 Å². The lowest BCUT2D eigenvalue weighted by Gasteiger charge is -2.25. The highest BCUT2D eigenvalue weighted by molar-refractivity contribution is 7.90. The molecule has 0 bridgehead atoms. The molecule has 0 aliphatic carbocycles. The highest BCUT2D eigenvalue weighted by atomic mass is 32.2. The quantitative estimate of drug-likeness (QED) is 0.831. The van der Waals surface area contributed by atoms with Gasteiger partial charge in [0.05, 0.1) is 11.5 Å². The fourth-order valence-corrected chi connectivity index (χ4v) is 2.83. The number of alkyl halides is 2. The van der Waals surface area contributed by atoms with Crippen molar-refractivity contribution in [3.8, 4) is 5.82 Å². The summed E-state index contributed by atoms with van der Waals surface area (Å²) in [5.74, 6) is 0.462. The third kappa shape index (κ3) is 3.79. The van der Waals surface area contributed by atoms with Crippen molar-refractivity contribution < 1.29 is 22.3 Å². The first-order valence-corrected chi connectivity index (χ1v) is 9.37. The summed E-state index contributed by atoms with van der Waals surface area (Å²) in [4.78, 5) is 5.74. The number of aliphatic hydroxyl groups excluding tert-OH is 1. The molecule has 0 saturated heterocycles. The Kier molecular flexibility index (Phi) is 5.43. The summed E-state index contributed by atoms with van der Waals surface area (Å²) in [5, 5.41) is 13.5. The van der Waals surface area contributed by atoms with Gasteiger partial charge >= 0.3 is 0 Å². The molecule has 7 nitrogen and oxygen atoms in total. The van der Waals surface area contributed by atoms with Crippen LogP contribution in [0.15, 0.2) is 23.2 Å². The molecule has 2 heterocycles. The largest absolute Gasteiger partial charge is 0.391 e. The third-order valence-corrected chi connectivity index (χ3v) is 4.92. The van der Waals surface area contributed by atoms with Gasteiger partial charge in [0, 0.05) is 31.1 Å². The second kappa shape index (κ2) is 7.04. The molecule has 0 radical (unpaired) electrons. The van der Waals surface area contributed by atoms with Crippen LogP contribution in [-0.2, 0) is 16.4 Å². The standard InChI is InChI=1S/C15H20F2N4O3S/c1-9(2)20(3)15-11(8-22)13(14(16)17)19-21(15)12-6-5-10(7-18-12)25(4,23)24/h5-7,9,14,22H,8H2,1-4H3. The Morgan fingerprint density at radius 1 is 1.32 bits per heavy atom. The average molecular weight is 374 g/mol. The molecule has 0 aromatic carbocycles. The van der Waals surface area contributed by atoms with Crippen molar-refractivity contribution in [2.75, 3.05) is 18.2 Å². The number of hydrogen-bond acceptors (Lipinski definition) is 6. The fraction of sp³-hybridized carbons (Fsp3) is 0.467. The van der Waals surface area contributed by atoms with Gasteiger partial charge in [0.25, 0.3) is 6.43 Å². The molecule has 0 atom stereocenters. The monoisotopic (exact) mass is 374 g/mol. The van der Waals surface area contributed by atoms with E-state index in [1.165, 1.54) is 16.8 Å². The number of anilines is 1. The summed E-state index contributed by atoms with van der Waals surface area (Å²) in [6.45, 7) is 3.12. The highest BCUT2D eigenvalue weighted by Gasteiger charge is 2.27. The number of pyridine rings is 1. The minimum atomic E-state index is -3.43. The first-order valence-electron chi connectivity index (χ1n) is 7.48. The molecule has 2 aromatic heterocycles. The molecule has 0 unspecified atom stereocenters. The Morgan fingerprint density at radius 2 is 1.96 bits per heavy atom. The molecule has 138 valence electrons. The molecule has 0 aliphatic rings. The van der Waals surface area contributed by atoms with E-state index in [1.807, 2.05) is 13.8 Å². The van der Waals surface area contributed by atoms with Crippen molar-refractivity contribution in [1.82, 2.24) is 14.8 Å². The summed E-state index contributed by atoms with van der Waals surface area (Å²) < 4.78 is 50.9. The van der Waals surface area contributed by atoms with Gasteiger partial charge in [-0.25, -0.2) is 22.2 Å². The summed E-state index contributed by atoms with van der Waals surface area (Å²) in [7, 11) is -1.73. The van der Waals surface area contributed by atoms with Crippen LogP contribution in [0, 0.1) is 0 Å². The SMILES string of the molecule is CC(C)N(C)c1c(CO)c(C(F)F)nn1-c1ccc(S(C)(=O)=O)cn1. The van der Waals surface area contributed by atoms with Crippen molar-refractivity contribution in [1.29, 1.82) is 0 Å².